The van der Waals surface area contributed by atoms with Crippen molar-refractivity contribution in [1.29, 1.82) is 0 Å². The van der Waals surface area contributed by atoms with E-state index in [0.717, 1.165) is 6.92 Å². The second kappa shape index (κ2) is 17.2. The Balaban J connectivity index is 2.26. The highest BCUT2D eigenvalue weighted by molar-refractivity contribution is 6.01. The number of amides is 5. The summed E-state index contributed by atoms with van der Waals surface area (Å²) in [6.45, 7) is 5.60. The van der Waals surface area contributed by atoms with Gasteiger partial charge in [0.25, 0.3) is 0 Å². The maximum atomic E-state index is 13.3. The second-order valence-corrected chi connectivity index (χ2v) is 11.2. The molecular weight excluding hydrogens is 638 g/mol. The Bertz CT molecular complexity index is 1640. The number of benzene rings is 1. The molecule has 0 bridgehead atoms. The van der Waals surface area contributed by atoms with E-state index in [1.54, 1.807) is 19.1 Å². The fourth-order valence-corrected chi connectivity index (χ4v) is 4.39. The van der Waals surface area contributed by atoms with Crippen LogP contribution in [0, 0.1) is 12.8 Å². The molecule has 5 amide bonds. The first-order valence-electron chi connectivity index (χ1n) is 14.6. The van der Waals surface area contributed by atoms with Crippen LogP contribution in [0.15, 0.2) is 33.5 Å². The maximum absolute atomic E-state index is 13.3. The zero-order valence-corrected chi connectivity index (χ0v) is 26.4. The smallest absolute Gasteiger partial charge is 0.339 e. The van der Waals surface area contributed by atoms with E-state index in [0.29, 0.717) is 10.9 Å². The molecule has 18 heteroatoms. The van der Waals surface area contributed by atoms with Crippen molar-refractivity contribution in [3.8, 4) is 0 Å². The van der Waals surface area contributed by atoms with Gasteiger partial charge in [-0.2, -0.15) is 0 Å². The number of fused-ring (bicyclic) bond motifs is 1. The van der Waals surface area contributed by atoms with Crippen molar-refractivity contribution in [3.63, 3.8) is 0 Å². The molecule has 0 aliphatic heterocycles. The van der Waals surface area contributed by atoms with E-state index in [-0.39, 0.29) is 11.3 Å². The average molecular weight is 676 g/mol. The lowest BCUT2D eigenvalue weighted by atomic mass is 10.0. The highest BCUT2D eigenvalue weighted by Crippen LogP contribution is 2.19. The Hall–Kier alpha value is -5.81. The molecule has 1 aromatic carbocycles. The SMILES string of the molecule is CC(=O)N[C@@H](CC(=O)O)C(=O)N[C@@H](CCC(=O)O)C(=O)N[C@H](C(=O)N[C@@H](CC(=O)O)C(=O)Nc1ccc2cc(C)c(=O)oc2c1)C(C)C. The number of aryl methyl sites for hydroxylation is 1. The Kier molecular flexibility index (Phi) is 13.8. The lowest BCUT2D eigenvalue weighted by Crippen LogP contribution is -2.59. The third-order valence-corrected chi connectivity index (χ3v) is 6.79. The van der Waals surface area contributed by atoms with Gasteiger partial charge in [0.05, 0.1) is 12.8 Å². The molecule has 0 saturated carbocycles. The van der Waals surface area contributed by atoms with Crippen LogP contribution in [0.2, 0.25) is 0 Å². The maximum Gasteiger partial charge on any atom is 0.339 e. The van der Waals surface area contributed by atoms with Crippen LogP contribution in [-0.2, 0) is 38.4 Å². The fraction of sp³-hybridized carbons (Fsp3) is 0.433. The highest BCUT2D eigenvalue weighted by Gasteiger charge is 2.34. The van der Waals surface area contributed by atoms with Crippen molar-refractivity contribution in [2.24, 2.45) is 5.92 Å². The first-order chi connectivity index (χ1) is 22.4. The summed E-state index contributed by atoms with van der Waals surface area (Å²) in [5.41, 5.74) is 0.0238. The van der Waals surface area contributed by atoms with E-state index in [9.17, 15) is 48.3 Å². The molecule has 18 nitrogen and oxygen atoms in total. The van der Waals surface area contributed by atoms with Gasteiger partial charge in [0.15, 0.2) is 0 Å². The van der Waals surface area contributed by atoms with Crippen molar-refractivity contribution in [3.05, 3.63) is 40.2 Å². The minimum absolute atomic E-state index is 0.121. The molecule has 2 rings (SSSR count). The minimum Gasteiger partial charge on any atom is -0.481 e. The number of hydrogen-bond donors (Lipinski definition) is 8. The molecule has 48 heavy (non-hydrogen) atoms. The summed E-state index contributed by atoms with van der Waals surface area (Å²) in [5, 5.41) is 39.6. The summed E-state index contributed by atoms with van der Waals surface area (Å²) < 4.78 is 5.21. The molecule has 0 saturated heterocycles. The monoisotopic (exact) mass is 675 g/mol. The van der Waals surface area contributed by atoms with Crippen LogP contribution in [0.4, 0.5) is 5.69 Å². The van der Waals surface area contributed by atoms with Gasteiger partial charge in [-0.3, -0.25) is 38.4 Å². The molecule has 0 aliphatic rings. The topological polar surface area (TPSA) is 288 Å². The van der Waals surface area contributed by atoms with Crippen molar-refractivity contribution in [2.45, 2.75) is 77.5 Å². The number of rotatable bonds is 17. The Morgan fingerprint density at radius 3 is 1.83 bits per heavy atom. The van der Waals surface area contributed by atoms with Crippen LogP contribution in [0.1, 0.15) is 52.0 Å². The number of aliphatic carboxylic acids is 3. The van der Waals surface area contributed by atoms with Gasteiger partial charge >= 0.3 is 23.5 Å². The largest absolute Gasteiger partial charge is 0.481 e. The molecule has 8 N–H and O–H groups in total. The molecule has 1 heterocycles. The van der Waals surface area contributed by atoms with E-state index in [1.165, 1.54) is 26.0 Å². The summed E-state index contributed by atoms with van der Waals surface area (Å²) >= 11 is 0. The van der Waals surface area contributed by atoms with Crippen LogP contribution >= 0.6 is 0 Å². The van der Waals surface area contributed by atoms with Crippen LogP contribution in [0.5, 0.6) is 0 Å². The molecule has 260 valence electrons. The van der Waals surface area contributed by atoms with E-state index in [2.05, 4.69) is 26.6 Å². The first kappa shape index (κ1) is 38.4. The van der Waals surface area contributed by atoms with E-state index < -0.39 is 109 Å². The third-order valence-electron chi connectivity index (χ3n) is 6.79. The van der Waals surface area contributed by atoms with E-state index in [1.807, 2.05) is 0 Å². The van der Waals surface area contributed by atoms with E-state index >= 15 is 0 Å². The molecule has 2 aromatic rings. The summed E-state index contributed by atoms with van der Waals surface area (Å²) in [5.74, 6) is -9.79. The molecule has 0 aliphatic carbocycles. The van der Waals surface area contributed by atoms with Gasteiger partial charge in [0.2, 0.25) is 29.5 Å². The highest BCUT2D eigenvalue weighted by atomic mass is 16.4. The lowest BCUT2D eigenvalue weighted by molar-refractivity contribution is -0.142. The predicted molar refractivity (Wildman–Crippen MR) is 165 cm³/mol. The lowest BCUT2D eigenvalue weighted by Gasteiger charge is -2.27. The summed E-state index contributed by atoms with van der Waals surface area (Å²) in [7, 11) is 0. The zero-order chi connectivity index (χ0) is 36.3. The number of carboxylic acid groups (broad SMARTS) is 3. The van der Waals surface area contributed by atoms with Gasteiger partial charge in [-0.15, -0.1) is 0 Å². The van der Waals surface area contributed by atoms with Crippen LogP contribution in [0.25, 0.3) is 11.0 Å². The van der Waals surface area contributed by atoms with E-state index in [4.69, 9.17) is 14.6 Å². The van der Waals surface area contributed by atoms with Crippen molar-refractivity contribution < 1.29 is 58.1 Å². The molecule has 0 radical (unpaired) electrons. The van der Waals surface area contributed by atoms with Gasteiger partial charge in [-0.1, -0.05) is 13.8 Å². The molecule has 4 atom stereocenters. The van der Waals surface area contributed by atoms with Crippen molar-refractivity contribution >= 4 is 64.1 Å². The number of hydrogen-bond acceptors (Lipinski definition) is 10. The third kappa shape index (κ3) is 11.8. The van der Waals surface area contributed by atoms with Crippen molar-refractivity contribution in [2.75, 3.05) is 5.32 Å². The quantitative estimate of drug-likeness (QED) is 0.0980. The molecule has 0 unspecified atom stereocenters. The summed E-state index contributed by atoms with van der Waals surface area (Å²) in [6.07, 6.45) is -2.84. The summed E-state index contributed by atoms with van der Waals surface area (Å²) in [4.78, 5) is 110. The van der Waals surface area contributed by atoms with Crippen LogP contribution in [0.3, 0.4) is 0 Å². The Morgan fingerprint density at radius 2 is 1.29 bits per heavy atom. The van der Waals surface area contributed by atoms with Gasteiger partial charge in [0.1, 0.15) is 29.8 Å². The molecule has 0 spiro atoms. The number of anilines is 1. The normalized spacial score (nSPS) is 13.4. The number of nitrogens with one attached hydrogen (secondary N) is 5. The predicted octanol–water partition coefficient (Wildman–Crippen LogP) is -0.531. The Labute approximate surface area is 272 Å². The standard InChI is InChI=1S/C30H37N5O13/c1-13(2)25(35-26(43)18(7-8-22(37)38)33-28(45)19(11-23(39)40)31-15(4)36)29(46)34-20(12-24(41)42)27(44)32-17-6-5-16-9-14(3)30(47)48-21(16)10-17/h5-6,9-10,13,18-20,25H,7-8,11-12H2,1-4H3,(H,31,36)(H,32,44)(H,33,45)(H,34,46)(H,35,43)(H,37,38)(H,39,40)(H,41,42)/t18-,19-,20-,25-/m0/s1. The van der Waals surface area contributed by atoms with Gasteiger partial charge in [-0.05, 0) is 37.5 Å². The van der Waals surface area contributed by atoms with Crippen molar-refractivity contribution in [1.82, 2.24) is 21.3 Å². The fourth-order valence-electron chi connectivity index (χ4n) is 4.39. The Morgan fingerprint density at radius 1 is 0.729 bits per heavy atom. The van der Waals surface area contributed by atoms with Gasteiger partial charge < -0.3 is 46.3 Å². The summed E-state index contributed by atoms with van der Waals surface area (Å²) in [6, 6.07) is -0.381. The molecular formula is C30H37N5O13. The number of carbonyl (C=O) groups excluding carboxylic acids is 5. The number of carboxylic acids is 3. The zero-order valence-electron chi connectivity index (χ0n) is 26.4. The van der Waals surface area contributed by atoms with Crippen LogP contribution in [-0.4, -0.2) is 86.9 Å². The average Bonchev–Trinajstić information content (AvgIpc) is 2.96. The van der Waals surface area contributed by atoms with Crippen LogP contribution < -0.4 is 32.2 Å². The minimum atomic E-state index is -1.66. The second-order valence-electron chi connectivity index (χ2n) is 11.2. The first-order valence-corrected chi connectivity index (χ1v) is 14.6. The molecule has 0 fully saturated rings. The molecule has 1 aromatic heterocycles. The van der Waals surface area contributed by atoms with Gasteiger partial charge in [-0.25, -0.2) is 4.79 Å². The van der Waals surface area contributed by atoms with Gasteiger partial charge in [0, 0.05) is 36.0 Å². The number of carbonyl (C=O) groups is 8.